The van der Waals surface area contributed by atoms with E-state index in [-0.39, 0.29) is 30.4 Å². The molecule has 44 heavy (non-hydrogen) atoms. The first-order valence-electron chi connectivity index (χ1n) is 14.4. The number of amides is 4. The first kappa shape index (κ1) is 32.8. The average molecular weight is 624 g/mol. The van der Waals surface area contributed by atoms with Crippen LogP contribution in [0.4, 0.5) is 21.4 Å². The van der Waals surface area contributed by atoms with E-state index in [2.05, 4.69) is 25.9 Å². The Morgan fingerprint density at radius 2 is 1.80 bits per heavy atom. The first-order valence-corrected chi connectivity index (χ1v) is 15.2. The zero-order chi connectivity index (χ0) is 32.4. The zero-order valence-corrected chi connectivity index (χ0v) is 27.0. The third kappa shape index (κ3) is 7.17. The van der Waals surface area contributed by atoms with Crippen molar-refractivity contribution in [1.29, 1.82) is 0 Å². The van der Waals surface area contributed by atoms with E-state index in [9.17, 15) is 19.5 Å². The van der Waals surface area contributed by atoms with E-state index >= 15 is 0 Å². The minimum atomic E-state index is -1.02. The van der Waals surface area contributed by atoms with Crippen LogP contribution >= 0.6 is 11.3 Å². The predicted molar refractivity (Wildman–Crippen MR) is 172 cm³/mol. The number of aliphatic hydroxyl groups excluding tert-OH is 2. The molecule has 12 nitrogen and oxygen atoms in total. The second-order valence-corrected chi connectivity index (χ2v) is 13.5. The van der Waals surface area contributed by atoms with Crippen molar-refractivity contribution in [2.45, 2.75) is 58.6 Å². The lowest BCUT2D eigenvalue weighted by Crippen LogP contribution is -2.63. The van der Waals surface area contributed by atoms with Gasteiger partial charge in [-0.15, -0.1) is 11.3 Å². The Bertz CT molecular complexity index is 1530. The molecule has 0 radical (unpaired) electrons. The number of likely N-dealkylation sites (N-methyl/N-ethyl adjacent to an activating group) is 1. The largest absolute Gasteiger partial charge is 0.394 e. The van der Waals surface area contributed by atoms with Crippen LogP contribution in [0.1, 0.15) is 55.4 Å². The number of thiophene rings is 1. The lowest BCUT2D eigenvalue weighted by Gasteiger charge is -2.44. The van der Waals surface area contributed by atoms with Gasteiger partial charge in [0.05, 0.1) is 18.3 Å². The van der Waals surface area contributed by atoms with Crippen molar-refractivity contribution in [3.8, 4) is 11.1 Å². The number of carbonyl (C=O) groups excluding carboxylic acids is 3. The van der Waals surface area contributed by atoms with E-state index < -0.39 is 17.7 Å². The molecule has 236 valence electrons. The van der Waals surface area contributed by atoms with Gasteiger partial charge in [0.25, 0.3) is 5.91 Å². The van der Waals surface area contributed by atoms with Gasteiger partial charge in [-0.1, -0.05) is 26.8 Å². The molecule has 4 amide bonds. The molecule has 2 aromatic heterocycles. The van der Waals surface area contributed by atoms with Gasteiger partial charge in [-0.25, -0.2) is 14.8 Å². The van der Waals surface area contributed by atoms with Gasteiger partial charge in [0, 0.05) is 55.2 Å². The van der Waals surface area contributed by atoms with Gasteiger partial charge in [-0.3, -0.25) is 14.9 Å². The molecular weight excluding hydrogens is 582 g/mol. The molecule has 1 atom stereocenters. The molecule has 0 aliphatic carbocycles. The molecule has 0 saturated carbocycles. The van der Waals surface area contributed by atoms with E-state index in [4.69, 9.17) is 5.11 Å². The third-order valence-electron chi connectivity index (χ3n) is 7.54. The van der Waals surface area contributed by atoms with Crippen molar-refractivity contribution in [2.24, 2.45) is 0 Å². The molecule has 1 unspecified atom stereocenters. The quantitative estimate of drug-likeness (QED) is 0.253. The van der Waals surface area contributed by atoms with Gasteiger partial charge in [0.1, 0.15) is 10.5 Å². The number of carbonyl (C=O) groups is 3. The fourth-order valence-corrected chi connectivity index (χ4v) is 5.94. The Kier molecular flexibility index (Phi) is 9.62. The van der Waals surface area contributed by atoms with Crippen molar-refractivity contribution < 1.29 is 24.6 Å². The Balaban J connectivity index is 1.54. The zero-order valence-electron chi connectivity index (χ0n) is 26.2. The molecule has 4 rings (SSSR count). The highest BCUT2D eigenvalue weighted by atomic mass is 32.1. The fraction of sp³-hybridized carbons (Fsp3) is 0.452. The number of nitrogens with one attached hydrogen (secondary N) is 3. The van der Waals surface area contributed by atoms with Crippen molar-refractivity contribution in [1.82, 2.24) is 19.8 Å². The van der Waals surface area contributed by atoms with Crippen molar-refractivity contribution in [3.05, 3.63) is 52.7 Å². The minimum Gasteiger partial charge on any atom is -0.394 e. The Morgan fingerprint density at radius 1 is 1.11 bits per heavy atom. The molecule has 1 aromatic carbocycles. The maximum absolute atomic E-state index is 13.9. The number of urea groups is 1. The van der Waals surface area contributed by atoms with Crippen LogP contribution < -0.4 is 16.0 Å². The van der Waals surface area contributed by atoms with E-state index in [1.807, 2.05) is 45.9 Å². The maximum atomic E-state index is 13.9. The number of anilines is 3. The van der Waals surface area contributed by atoms with Crippen LogP contribution in [-0.4, -0.2) is 92.8 Å². The summed E-state index contributed by atoms with van der Waals surface area (Å²) in [7, 11) is 1.73. The molecule has 3 aromatic rings. The Morgan fingerprint density at radius 3 is 2.43 bits per heavy atom. The SMILES string of the molecule is Cc1ccc(NC(=O)Nc2sc(C(C)(C)C)cc2C(=O)N2CCN(C)C(=O)C2(C)C)cc1-c1cnc(NCC(O)CO)nc1. The van der Waals surface area contributed by atoms with E-state index in [1.165, 1.54) is 11.3 Å². The van der Waals surface area contributed by atoms with Gasteiger partial charge in [0.2, 0.25) is 11.9 Å². The second-order valence-electron chi connectivity index (χ2n) is 12.5. The molecule has 1 aliphatic heterocycles. The normalized spacial score (nSPS) is 15.6. The monoisotopic (exact) mass is 623 g/mol. The molecule has 1 aliphatic rings. The number of nitrogens with zero attached hydrogens (tertiary/aromatic N) is 4. The van der Waals surface area contributed by atoms with Gasteiger partial charge in [-0.2, -0.15) is 0 Å². The molecule has 5 N–H and O–H groups in total. The summed E-state index contributed by atoms with van der Waals surface area (Å²) in [4.78, 5) is 52.7. The third-order valence-corrected chi connectivity index (χ3v) is 9.02. The van der Waals surface area contributed by atoms with Crippen molar-refractivity contribution in [3.63, 3.8) is 0 Å². The smallest absolute Gasteiger partial charge is 0.324 e. The highest BCUT2D eigenvalue weighted by Gasteiger charge is 2.44. The summed E-state index contributed by atoms with van der Waals surface area (Å²) in [5.74, 6) is -0.129. The average Bonchev–Trinajstić information content (AvgIpc) is 3.40. The van der Waals surface area contributed by atoms with Crippen LogP contribution in [0.3, 0.4) is 0 Å². The molecule has 1 saturated heterocycles. The van der Waals surface area contributed by atoms with Crippen LogP contribution in [0.2, 0.25) is 0 Å². The van der Waals surface area contributed by atoms with Crippen molar-refractivity contribution in [2.75, 3.05) is 49.2 Å². The van der Waals surface area contributed by atoms with E-state index in [0.717, 1.165) is 21.6 Å². The summed E-state index contributed by atoms with van der Waals surface area (Å²) in [6.07, 6.45) is 2.35. The number of piperazine rings is 1. The minimum absolute atomic E-state index is 0.115. The lowest BCUT2D eigenvalue weighted by atomic mass is 9.93. The number of aliphatic hydroxyl groups is 2. The van der Waals surface area contributed by atoms with Gasteiger partial charge < -0.3 is 30.6 Å². The summed E-state index contributed by atoms with van der Waals surface area (Å²) in [5.41, 5.74) is 2.08. The summed E-state index contributed by atoms with van der Waals surface area (Å²) in [5, 5.41) is 27.5. The molecule has 1 fully saturated rings. The highest BCUT2D eigenvalue weighted by Crippen LogP contribution is 2.38. The Labute approximate surface area is 261 Å². The maximum Gasteiger partial charge on any atom is 0.324 e. The number of hydrogen-bond donors (Lipinski definition) is 5. The molecule has 3 heterocycles. The number of hydrogen-bond acceptors (Lipinski definition) is 9. The number of benzene rings is 1. The number of rotatable bonds is 8. The molecular formula is C31H41N7O5S. The van der Waals surface area contributed by atoms with Crippen molar-refractivity contribution >= 4 is 45.8 Å². The number of aromatic nitrogens is 2. The Hall–Kier alpha value is -4.07. The summed E-state index contributed by atoms with van der Waals surface area (Å²) < 4.78 is 0. The molecule has 13 heteroatoms. The van der Waals surface area contributed by atoms with Crippen LogP contribution in [0.5, 0.6) is 0 Å². The second kappa shape index (κ2) is 12.9. The standard InChI is InChI=1S/C31H41N7O5S/c1-18-8-9-20(12-22(18)19-14-32-28(33-15-19)34-16-21(40)17-39)35-29(43)36-25-23(13-24(44-25)30(2,3)4)26(41)38-11-10-37(7)27(42)31(38,5)6/h8-9,12-15,21,39-40H,10-11,16-17H2,1-7H3,(H,32,33,34)(H2,35,36,43). The molecule has 0 bridgehead atoms. The summed E-state index contributed by atoms with van der Waals surface area (Å²) >= 11 is 1.34. The fourth-order valence-electron chi connectivity index (χ4n) is 4.84. The van der Waals surface area contributed by atoms with Gasteiger partial charge >= 0.3 is 6.03 Å². The molecule has 0 spiro atoms. The van der Waals surface area contributed by atoms with Crippen LogP contribution in [-0.2, 0) is 10.2 Å². The van der Waals surface area contributed by atoms with Crippen LogP contribution in [0.15, 0.2) is 36.7 Å². The van der Waals surface area contributed by atoms with Crippen LogP contribution in [0, 0.1) is 6.92 Å². The first-order chi connectivity index (χ1) is 20.6. The predicted octanol–water partition coefficient (Wildman–Crippen LogP) is 3.91. The van der Waals surface area contributed by atoms with E-state index in [1.54, 1.807) is 49.2 Å². The van der Waals surface area contributed by atoms with Gasteiger partial charge in [0.15, 0.2) is 0 Å². The topological polar surface area (TPSA) is 160 Å². The lowest BCUT2D eigenvalue weighted by molar-refractivity contribution is -0.144. The number of aryl methyl sites for hydroxylation is 1. The summed E-state index contributed by atoms with van der Waals surface area (Å²) in [6.45, 7) is 12.1. The van der Waals surface area contributed by atoms with Gasteiger partial charge in [-0.05, 0) is 55.5 Å². The summed E-state index contributed by atoms with van der Waals surface area (Å²) in [6, 6.07) is 6.77. The van der Waals surface area contributed by atoms with E-state index in [0.29, 0.717) is 35.3 Å². The van der Waals surface area contributed by atoms with Crippen LogP contribution in [0.25, 0.3) is 11.1 Å². The highest BCUT2D eigenvalue weighted by molar-refractivity contribution is 7.16.